The minimum atomic E-state index is -4.32. The van der Waals surface area contributed by atoms with Crippen LogP contribution in [0.4, 0.5) is 13.2 Å². The number of rotatable bonds is 3. The molecule has 0 fully saturated rings. The Morgan fingerprint density at radius 1 is 1.00 bits per heavy atom. The Labute approximate surface area is 152 Å². The Morgan fingerprint density at radius 2 is 1.73 bits per heavy atom. The molecule has 0 aliphatic rings. The summed E-state index contributed by atoms with van der Waals surface area (Å²) in [6.07, 6.45) is -2.28. The molecule has 2 aromatic carbocycles. The van der Waals surface area contributed by atoms with Gasteiger partial charge in [0.2, 0.25) is 0 Å². The van der Waals surface area contributed by atoms with Crippen LogP contribution in [0.15, 0.2) is 60.8 Å². The van der Waals surface area contributed by atoms with E-state index in [9.17, 15) is 13.2 Å². The minimum absolute atomic E-state index is 0.645. The average molecular weight is 372 g/mol. The third-order valence-corrected chi connectivity index (χ3v) is 5.54. The Kier molecular flexibility index (Phi) is 4.07. The number of thiazole rings is 1. The zero-order valence-electron chi connectivity index (χ0n) is 13.9. The number of nitrogens with zero attached hydrogens (tertiary/aromatic N) is 2. The lowest BCUT2D eigenvalue weighted by atomic mass is 10.1. The normalized spacial score (nSPS) is 12.0. The molecule has 4 rings (SSSR count). The van der Waals surface area contributed by atoms with Gasteiger partial charge in [0.15, 0.2) is 0 Å². The summed E-state index contributed by atoms with van der Waals surface area (Å²) >= 11 is 1.52. The smallest absolute Gasteiger partial charge is 0.342 e. The summed E-state index contributed by atoms with van der Waals surface area (Å²) < 4.78 is 40.3. The van der Waals surface area contributed by atoms with Crippen LogP contribution in [-0.2, 0) is 12.7 Å². The van der Waals surface area contributed by atoms with Gasteiger partial charge >= 0.3 is 6.18 Å². The molecule has 0 aliphatic carbocycles. The average Bonchev–Trinajstić information content (AvgIpc) is 3.19. The fourth-order valence-corrected chi connectivity index (χ4v) is 4.00. The first-order chi connectivity index (χ1) is 12.4. The molecule has 0 N–H and O–H groups in total. The van der Waals surface area contributed by atoms with Gasteiger partial charge < -0.3 is 4.57 Å². The van der Waals surface area contributed by atoms with Gasteiger partial charge in [-0.15, -0.1) is 11.3 Å². The Morgan fingerprint density at radius 3 is 2.46 bits per heavy atom. The second-order valence-electron chi connectivity index (χ2n) is 6.11. The van der Waals surface area contributed by atoms with Crippen LogP contribution in [0.2, 0.25) is 0 Å². The van der Waals surface area contributed by atoms with Gasteiger partial charge in [0.1, 0.15) is 5.01 Å². The monoisotopic (exact) mass is 372 g/mol. The maximum Gasteiger partial charge on any atom is 0.416 e. The van der Waals surface area contributed by atoms with Crippen LogP contribution in [-0.4, -0.2) is 9.55 Å². The highest BCUT2D eigenvalue weighted by atomic mass is 32.1. The SMILES string of the molecule is Cc1nc(-c2ccc(C(F)(F)F)cc2)sc1Cn1ccc2ccccc21. The van der Waals surface area contributed by atoms with Crippen LogP contribution in [0, 0.1) is 6.92 Å². The lowest BCUT2D eigenvalue weighted by Gasteiger charge is -2.06. The number of alkyl halides is 3. The summed E-state index contributed by atoms with van der Waals surface area (Å²) in [5.41, 5.74) is 2.11. The summed E-state index contributed by atoms with van der Waals surface area (Å²) in [6.45, 7) is 2.63. The quantitative estimate of drug-likeness (QED) is 0.422. The molecule has 0 atom stereocenters. The molecule has 0 radical (unpaired) electrons. The van der Waals surface area contributed by atoms with E-state index in [0.717, 1.165) is 33.2 Å². The maximum atomic E-state index is 12.7. The summed E-state index contributed by atoms with van der Waals surface area (Å²) in [6, 6.07) is 15.4. The lowest BCUT2D eigenvalue weighted by molar-refractivity contribution is -0.137. The molecule has 0 unspecified atom stereocenters. The van der Waals surface area contributed by atoms with Crippen LogP contribution in [0.1, 0.15) is 16.1 Å². The van der Waals surface area contributed by atoms with Gasteiger partial charge in [0.05, 0.1) is 17.8 Å². The minimum Gasteiger partial charge on any atom is -0.342 e. The number of para-hydroxylation sites is 1. The van der Waals surface area contributed by atoms with E-state index < -0.39 is 11.7 Å². The molecule has 0 bridgehead atoms. The zero-order valence-corrected chi connectivity index (χ0v) is 14.7. The summed E-state index contributed by atoms with van der Waals surface area (Å²) in [7, 11) is 0. The van der Waals surface area contributed by atoms with Gasteiger partial charge in [-0.1, -0.05) is 30.3 Å². The highest BCUT2D eigenvalue weighted by Crippen LogP contribution is 2.33. The van der Waals surface area contributed by atoms with Crippen LogP contribution in [0.3, 0.4) is 0 Å². The third-order valence-electron chi connectivity index (χ3n) is 4.35. The lowest BCUT2D eigenvalue weighted by Crippen LogP contribution is -2.03. The van der Waals surface area contributed by atoms with Crippen LogP contribution in [0.25, 0.3) is 21.5 Å². The molecule has 0 saturated heterocycles. The van der Waals surface area contributed by atoms with E-state index in [4.69, 9.17) is 0 Å². The van der Waals surface area contributed by atoms with Crippen molar-refractivity contribution < 1.29 is 13.2 Å². The molecule has 2 aromatic heterocycles. The van der Waals surface area contributed by atoms with Crippen molar-refractivity contribution in [3.8, 4) is 10.6 Å². The van der Waals surface area contributed by atoms with E-state index in [0.29, 0.717) is 12.1 Å². The molecule has 0 saturated carbocycles. The van der Waals surface area contributed by atoms with Crippen molar-refractivity contribution in [2.45, 2.75) is 19.6 Å². The first-order valence-corrected chi connectivity index (χ1v) is 8.91. The van der Waals surface area contributed by atoms with Crippen molar-refractivity contribution in [3.05, 3.63) is 76.9 Å². The maximum absolute atomic E-state index is 12.7. The van der Waals surface area contributed by atoms with Gasteiger partial charge in [-0.05, 0) is 36.6 Å². The van der Waals surface area contributed by atoms with Gasteiger partial charge in [0, 0.05) is 22.2 Å². The molecule has 6 heteroatoms. The van der Waals surface area contributed by atoms with Crippen molar-refractivity contribution in [1.29, 1.82) is 0 Å². The van der Waals surface area contributed by atoms with Crippen molar-refractivity contribution in [1.82, 2.24) is 9.55 Å². The number of hydrogen-bond donors (Lipinski definition) is 0. The zero-order chi connectivity index (χ0) is 18.3. The van der Waals surface area contributed by atoms with Crippen LogP contribution >= 0.6 is 11.3 Å². The van der Waals surface area contributed by atoms with Crippen molar-refractivity contribution in [2.75, 3.05) is 0 Å². The third kappa shape index (κ3) is 3.12. The van der Waals surface area contributed by atoms with Gasteiger partial charge in [0.25, 0.3) is 0 Å². The Bertz CT molecular complexity index is 1060. The van der Waals surface area contributed by atoms with Gasteiger partial charge in [-0.25, -0.2) is 4.98 Å². The largest absolute Gasteiger partial charge is 0.416 e. The molecule has 4 aromatic rings. The highest BCUT2D eigenvalue weighted by Gasteiger charge is 2.30. The van der Waals surface area contributed by atoms with Crippen LogP contribution < -0.4 is 0 Å². The Hall–Kier alpha value is -2.60. The molecular formula is C20H15F3N2S. The fourth-order valence-electron chi connectivity index (χ4n) is 2.93. The van der Waals surface area contributed by atoms with Crippen molar-refractivity contribution in [3.63, 3.8) is 0 Å². The predicted octanol–water partition coefficient (Wildman–Crippen LogP) is 6.14. The number of benzene rings is 2. The van der Waals surface area contributed by atoms with E-state index in [2.05, 4.69) is 27.8 Å². The standard InChI is InChI=1S/C20H15F3N2S/c1-13-18(12-25-11-10-14-4-2-3-5-17(14)25)26-19(24-13)15-6-8-16(9-7-15)20(21,22)23/h2-11H,12H2,1H3. The van der Waals surface area contributed by atoms with E-state index in [-0.39, 0.29) is 0 Å². The molecule has 0 amide bonds. The second kappa shape index (κ2) is 6.29. The highest BCUT2D eigenvalue weighted by molar-refractivity contribution is 7.15. The number of hydrogen-bond acceptors (Lipinski definition) is 2. The van der Waals surface area contributed by atoms with Crippen molar-refractivity contribution >= 4 is 22.2 Å². The summed E-state index contributed by atoms with van der Waals surface area (Å²) in [5.74, 6) is 0. The molecule has 26 heavy (non-hydrogen) atoms. The number of halogens is 3. The molecular weight excluding hydrogens is 357 g/mol. The molecule has 2 heterocycles. The van der Waals surface area contributed by atoms with Gasteiger partial charge in [-0.2, -0.15) is 13.2 Å². The predicted molar refractivity (Wildman–Crippen MR) is 98.3 cm³/mol. The molecule has 2 nitrogen and oxygen atoms in total. The summed E-state index contributed by atoms with van der Waals surface area (Å²) in [4.78, 5) is 5.66. The number of fused-ring (bicyclic) bond motifs is 1. The first kappa shape index (κ1) is 16.8. The van der Waals surface area contributed by atoms with E-state index in [1.165, 1.54) is 28.9 Å². The topological polar surface area (TPSA) is 17.8 Å². The number of aryl methyl sites for hydroxylation is 1. The second-order valence-corrected chi connectivity index (χ2v) is 7.19. The van der Waals surface area contributed by atoms with Gasteiger partial charge in [-0.3, -0.25) is 0 Å². The van der Waals surface area contributed by atoms with E-state index >= 15 is 0 Å². The van der Waals surface area contributed by atoms with E-state index in [1.807, 2.05) is 25.3 Å². The number of aromatic nitrogens is 2. The first-order valence-electron chi connectivity index (χ1n) is 8.09. The van der Waals surface area contributed by atoms with E-state index in [1.54, 1.807) is 0 Å². The summed E-state index contributed by atoms with van der Waals surface area (Å²) in [5, 5.41) is 1.92. The van der Waals surface area contributed by atoms with Crippen LogP contribution in [0.5, 0.6) is 0 Å². The fraction of sp³-hybridized carbons (Fsp3) is 0.150. The molecule has 0 spiro atoms. The van der Waals surface area contributed by atoms with Crippen molar-refractivity contribution in [2.24, 2.45) is 0 Å². The molecule has 132 valence electrons. The Balaban J connectivity index is 1.63. The molecule has 0 aliphatic heterocycles.